The van der Waals surface area contributed by atoms with Crippen LogP contribution >= 0.6 is 0 Å². The number of hydrogen-bond donors (Lipinski definition) is 0. The molecule has 0 aliphatic heterocycles. The Labute approximate surface area is 145 Å². The number of ketones is 2. The number of benzene rings is 2. The van der Waals surface area contributed by atoms with Crippen molar-refractivity contribution in [3.63, 3.8) is 0 Å². The molecule has 0 spiro atoms. The van der Waals surface area contributed by atoms with E-state index < -0.39 is 0 Å². The van der Waals surface area contributed by atoms with Crippen LogP contribution in [0.4, 0.5) is 8.78 Å². The van der Waals surface area contributed by atoms with E-state index in [9.17, 15) is 18.4 Å². The second-order valence-corrected chi connectivity index (χ2v) is 5.68. The van der Waals surface area contributed by atoms with Crippen molar-refractivity contribution in [1.29, 1.82) is 0 Å². The Morgan fingerprint density at radius 3 is 1.40 bits per heavy atom. The van der Waals surface area contributed by atoms with Gasteiger partial charge in [-0.25, -0.2) is 8.78 Å². The van der Waals surface area contributed by atoms with Crippen LogP contribution in [0.25, 0.3) is 0 Å². The van der Waals surface area contributed by atoms with Gasteiger partial charge in [-0.05, 0) is 61.4 Å². The number of ether oxygens (including phenoxy) is 1. The van der Waals surface area contributed by atoms with Gasteiger partial charge in [0.2, 0.25) is 0 Å². The van der Waals surface area contributed by atoms with E-state index in [0.717, 1.165) is 0 Å². The molecular weight excluding hydrogens is 326 g/mol. The van der Waals surface area contributed by atoms with Gasteiger partial charge in [-0.15, -0.1) is 0 Å². The van der Waals surface area contributed by atoms with E-state index in [1.54, 1.807) is 0 Å². The molecule has 25 heavy (non-hydrogen) atoms. The Bertz CT molecular complexity index is 632. The SMILES string of the molecule is O=C(CCCOCCCC(=O)c1ccc(F)cc1)c1ccc(F)cc1. The first-order valence-corrected chi connectivity index (χ1v) is 8.21. The largest absolute Gasteiger partial charge is 0.381 e. The zero-order valence-corrected chi connectivity index (χ0v) is 13.8. The average Bonchev–Trinajstić information content (AvgIpc) is 2.61. The van der Waals surface area contributed by atoms with E-state index in [1.807, 2.05) is 0 Å². The molecule has 0 aliphatic rings. The van der Waals surface area contributed by atoms with Crippen molar-refractivity contribution in [3.8, 4) is 0 Å². The van der Waals surface area contributed by atoms with Gasteiger partial charge in [0.1, 0.15) is 11.6 Å². The minimum Gasteiger partial charge on any atom is -0.381 e. The Kier molecular flexibility index (Phi) is 7.41. The van der Waals surface area contributed by atoms with E-state index in [4.69, 9.17) is 4.74 Å². The first-order valence-electron chi connectivity index (χ1n) is 8.21. The summed E-state index contributed by atoms with van der Waals surface area (Å²) in [4.78, 5) is 23.7. The summed E-state index contributed by atoms with van der Waals surface area (Å²) in [5.41, 5.74) is 0.984. The number of halogens is 2. The highest BCUT2D eigenvalue weighted by atomic mass is 19.1. The van der Waals surface area contributed by atoms with Crippen molar-refractivity contribution in [1.82, 2.24) is 0 Å². The molecule has 0 saturated heterocycles. The zero-order chi connectivity index (χ0) is 18.1. The molecule has 0 aromatic heterocycles. The Morgan fingerprint density at radius 2 is 1.04 bits per heavy atom. The lowest BCUT2D eigenvalue weighted by atomic mass is 10.1. The van der Waals surface area contributed by atoms with Gasteiger partial charge in [0.05, 0.1) is 0 Å². The molecule has 0 amide bonds. The number of Topliss-reactive ketones (excluding diaryl/α,β-unsaturated/α-hetero) is 2. The summed E-state index contributed by atoms with van der Waals surface area (Å²) in [5.74, 6) is -0.824. The summed E-state index contributed by atoms with van der Waals surface area (Å²) in [6.45, 7) is 0.856. The fourth-order valence-electron chi connectivity index (χ4n) is 2.33. The number of hydrogen-bond acceptors (Lipinski definition) is 3. The van der Waals surface area contributed by atoms with Crippen molar-refractivity contribution < 1.29 is 23.1 Å². The van der Waals surface area contributed by atoms with Crippen LogP contribution in [-0.2, 0) is 4.74 Å². The van der Waals surface area contributed by atoms with E-state index >= 15 is 0 Å². The van der Waals surface area contributed by atoms with Crippen LogP contribution in [0, 0.1) is 11.6 Å². The highest BCUT2D eigenvalue weighted by Gasteiger charge is 2.07. The van der Waals surface area contributed by atoms with Crippen LogP contribution in [0.5, 0.6) is 0 Å². The van der Waals surface area contributed by atoms with Crippen LogP contribution in [-0.4, -0.2) is 24.8 Å². The molecule has 2 aromatic rings. The van der Waals surface area contributed by atoms with Crippen molar-refractivity contribution in [2.75, 3.05) is 13.2 Å². The molecule has 0 saturated carbocycles. The maximum atomic E-state index is 12.8. The van der Waals surface area contributed by atoms with Crippen LogP contribution < -0.4 is 0 Å². The van der Waals surface area contributed by atoms with Gasteiger partial charge in [-0.2, -0.15) is 0 Å². The molecule has 2 rings (SSSR count). The third-order valence-corrected chi connectivity index (χ3v) is 3.72. The predicted molar refractivity (Wildman–Crippen MR) is 90.7 cm³/mol. The second kappa shape index (κ2) is 9.79. The lowest BCUT2D eigenvalue weighted by Crippen LogP contribution is -2.05. The van der Waals surface area contributed by atoms with Gasteiger partial charge in [0, 0.05) is 37.2 Å². The van der Waals surface area contributed by atoms with Gasteiger partial charge < -0.3 is 4.74 Å². The molecular formula is C20H20F2O3. The zero-order valence-electron chi connectivity index (χ0n) is 13.8. The first-order chi connectivity index (χ1) is 12.1. The summed E-state index contributed by atoms with van der Waals surface area (Å²) >= 11 is 0. The van der Waals surface area contributed by atoms with Gasteiger partial charge in [0.25, 0.3) is 0 Å². The van der Waals surface area contributed by atoms with Crippen LogP contribution in [0.3, 0.4) is 0 Å². The lowest BCUT2D eigenvalue weighted by Gasteiger charge is -2.05. The van der Waals surface area contributed by atoms with Gasteiger partial charge in [0.15, 0.2) is 11.6 Å². The molecule has 0 aliphatic carbocycles. The van der Waals surface area contributed by atoms with Crippen LogP contribution in [0.15, 0.2) is 48.5 Å². The minimum atomic E-state index is -0.366. The summed E-state index contributed by atoms with van der Waals surface area (Å²) in [7, 11) is 0. The fraction of sp³-hybridized carbons (Fsp3) is 0.300. The monoisotopic (exact) mass is 346 g/mol. The first kappa shape index (κ1) is 18.9. The Hall–Kier alpha value is -2.40. The standard InChI is InChI=1S/C20H20F2O3/c21-17-9-5-15(6-10-17)19(23)3-1-13-25-14-2-4-20(24)16-7-11-18(22)12-8-16/h5-12H,1-4,13-14H2. The molecule has 0 N–H and O–H groups in total. The topological polar surface area (TPSA) is 43.4 Å². The van der Waals surface area contributed by atoms with Gasteiger partial charge in [-0.3, -0.25) is 9.59 Å². The average molecular weight is 346 g/mol. The van der Waals surface area contributed by atoms with Crippen LogP contribution in [0.2, 0.25) is 0 Å². The van der Waals surface area contributed by atoms with Gasteiger partial charge in [-0.1, -0.05) is 0 Å². The second-order valence-electron chi connectivity index (χ2n) is 5.68. The highest BCUT2D eigenvalue weighted by Crippen LogP contribution is 2.09. The quantitative estimate of drug-likeness (QED) is 0.466. The van der Waals surface area contributed by atoms with Crippen molar-refractivity contribution >= 4 is 11.6 Å². The molecule has 3 nitrogen and oxygen atoms in total. The molecule has 0 bridgehead atoms. The fourth-order valence-corrected chi connectivity index (χ4v) is 2.33. The number of carbonyl (C=O) groups excluding carboxylic acids is 2. The number of rotatable bonds is 10. The highest BCUT2D eigenvalue weighted by molar-refractivity contribution is 5.96. The molecule has 5 heteroatoms. The molecule has 0 radical (unpaired) electrons. The molecule has 0 atom stereocenters. The third kappa shape index (κ3) is 6.55. The van der Waals surface area contributed by atoms with Crippen molar-refractivity contribution in [2.45, 2.75) is 25.7 Å². The maximum Gasteiger partial charge on any atom is 0.162 e. The lowest BCUT2D eigenvalue weighted by molar-refractivity contribution is 0.0906. The van der Waals surface area contributed by atoms with Crippen molar-refractivity contribution in [2.24, 2.45) is 0 Å². The minimum absolute atomic E-state index is 0.0462. The van der Waals surface area contributed by atoms with E-state index in [-0.39, 0.29) is 23.2 Å². The summed E-state index contributed by atoms with van der Waals surface area (Å²) in [6, 6.07) is 11.0. The number of carbonyl (C=O) groups is 2. The van der Waals surface area contributed by atoms with E-state index in [1.165, 1.54) is 48.5 Å². The van der Waals surface area contributed by atoms with Crippen LogP contribution in [0.1, 0.15) is 46.4 Å². The Morgan fingerprint density at radius 1 is 0.680 bits per heavy atom. The molecule has 132 valence electrons. The van der Waals surface area contributed by atoms with E-state index in [2.05, 4.69) is 0 Å². The summed E-state index contributed by atoms with van der Waals surface area (Å²) < 4.78 is 31.0. The van der Waals surface area contributed by atoms with E-state index in [0.29, 0.717) is 50.0 Å². The molecule has 2 aromatic carbocycles. The smallest absolute Gasteiger partial charge is 0.162 e. The normalized spacial score (nSPS) is 10.6. The maximum absolute atomic E-state index is 12.8. The predicted octanol–water partition coefficient (Wildman–Crippen LogP) is 4.61. The molecule has 0 unspecified atom stereocenters. The Balaban J connectivity index is 1.56. The van der Waals surface area contributed by atoms with Crippen molar-refractivity contribution in [3.05, 3.63) is 71.3 Å². The molecule has 0 heterocycles. The summed E-state index contributed by atoms with van der Waals surface area (Å²) in [5, 5.41) is 0. The third-order valence-electron chi connectivity index (χ3n) is 3.72. The van der Waals surface area contributed by atoms with Gasteiger partial charge >= 0.3 is 0 Å². The molecule has 0 fully saturated rings. The summed E-state index contributed by atoms with van der Waals surface area (Å²) in [6.07, 6.45) is 1.81.